The van der Waals surface area contributed by atoms with E-state index in [2.05, 4.69) is 5.32 Å². The van der Waals surface area contributed by atoms with Crippen LogP contribution in [0.15, 0.2) is 0 Å². The Morgan fingerprint density at radius 3 is 2.55 bits per heavy atom. The maximum absolute atomic E-state index is 12.2. The molecule has 4 nitrogen and oxygen atoms in total. The number of hydrogen-bond acceptors (Lipinski definition) is 2. The van der Waals surface area contributed by atoms with Crippen molar-refractivity contribution in [2.45, 2.75) is 5.92 Å². The summed E-state index contributed by atoms with van der Waals surface area (Å²) in [6.45, 7) is -2.12. The molecule has 0 rings (SSSR count). The van der Waals surface area contributed by atoms with Gasteiger partial charge in [-0.3, -0.25) is 0 Å². The van der Waals surface area contributed by atoms with Gasteiger partial charge in [-0.05, 0) is 0 Å². The minimum Gasteiger partial charge on any atom is -0.390 e. The number of halogens is 2. The number of carbonyl (C=O) groups is 1. The molecular weight excluding hydrogens is 158 g/mol. The Balaban J connectivity index is 3.61. The van der Waals surface area contributed by atoms with E-state index in [1.807, 2.05) is 5.32 Å². The van der Waals surface area contributed by atoms with E-state index in [0.29, 0.717) is 0 Å². The Kier molecular flexibility index (Phi) is 3.73. The summed E-state index contributed by atoms with van der Waals surface area (Å²) in [6, 6.07) is -0.696. The van der Waals surface area contributed by atoms with Crippen molar-refractivity contribution in [1.29, 1.82) is 0 Å². The molecule has 0 aliphatic heterocycles. The van der Waals surface area contributed by atoms with Crippen LogP contribution in [0.4, 0.5) is 13.6 Å². The smallest absolute Gasteiger partial charge is 0.314 e. The fourth-order valence-electron chi connectivity index (χ4n) is 0.354. The summed E-state index contributed by atoms with van der Waals surface area (Å²) in [5.74, 6) is -3.24. The predicted molar refractivity (Wildman–Crippen MR) is 34.5 cm³/mol. The van der Waals surface area contributed by atoms with Gasteiger partial charge < -0.3 is 15.7 Å². The Morgan fingerprint density at radius 1 is 1.64 bits per heavy atom. The molecule has 66 valence electrons. The number of alkyl halides is 2. The van der Waals surface area contributed by atoms with Gasteiger partial charge in [0.1, 0.15) is 6.61 Å². The summed E-state index contributed by atoms with van der Waals surface area (Å²) < 4.78 is 24.3. The molecule has 0 radical (unpaired) electrons. The molecule has 6 heteroatoms. The molecule has 0 aromatic rings. The average molecular weight is 168 g/mol. The number of nitrogens with one attached hydrogen (secondary N) is 2. The maximum atomic E-state index is 12.2. The zero-order valence-corrected chi connectivity index (χ0v) is 6.03. The van der Waals surface area contributed by atoms with Crippen LogP contribution >= 0.6 is 0 Å². The van der Waals surface area contributed by atoms with E-state index in [9.17, 15) is 13.6 Å². The maximum Gasteiger partial charge on any atom is 0.314 e. The minimum atomic E-state index is -3.24. The van der Waals surface area contributed by atoms with Gasteiger partial charge in [0.2, 0.25) is 0 Å². The van der Waals surface area contributed by atoms with E-state index in [1.54, 1.807) is 0 Å². The summed E-state index contributed by atoms with van der Waals surface area (Å²) in [7, 11) is 1.31. The molecule has 0 fully saturated rings. The lowest BCUT2D eigenvalue weighted by atomic mass is 10.3. The molecule has 11 heavy (non-hydrogen) atoms. The van der Waals surface area contributed by atoms with Gasteiger partial charge >= 0.3 is 6.03 Å². The fourth-order valence-corrected chi connectivity index (χ4v) is 0.354. The van der Waals surface area contributed by atoms with Crippen LogP contribution in [0.5, 0.6) is 0 Å². The second-order valence-corrected chi connectivity index (χ2v) is 1.95. The molecule has 0 saturated carbocycles. The highest BCUT2D eigenvalue weighted by Crippen LogP contribution is 2.09. The minimum absolute atomic E-state index is 0.696. The van der Waals surface area contributed by atoms with Gasteiger partial charge in [-0.1, -0.05) is 0 Å². The topological polar surface area (TPSA) is 61.4 Å². The van der Waals surface area contributed by atoms with Crippen LogP contribution < -0.4 is 10.6 Å². The molecule has 0 aromatic heterocycles. The lowest BCUT2D eigenvalue weighted by Gasteiger charge is -2.13. The molecule has 0 unspecified atom stereocenters. The summed E-state index contributed by atoms with van der Waals surface area (Å²) in [5.41, 5.74) is 0. The third-order valence-corrected chi connectivity index (χ3v) is 0.966. The van der Waals surface area contributed by atoms with Crippen molar-refractivity contribution in [2.24, 2.45) is 0 Å². The summed E-state index contributed by atoms with van der Waals surface area (Å²) in [4.78, 5) is 10.3. The highest BCUT2D eigenvalue weighted by molar-refractivity contribution is 5.73. The first kappa shape index (κ1) is 10.1. The second kappa shape index (κ2) is 4.07. The number of amides is 2. The first-order valence-corrected chi connectivity index (χ1v) is 2.96. The molecule has 0 aromatic carbocycles. The highest BCUT2D eigenvalue weighted by Gasteiger charge is 2.27. The van der Waals surface area contributed by atoms with E-state index >= 15 is 0 Å². The Morgan fingerprint density at radius 2 is 2.18 bits per heavy atom. The van der Waals surface area contributed by atoms with Gasteiger partial charge in [0.05, 0.1) is 6.54 Å². The molecule has 2 amide bonds. The van der Waals surface area contributed by atoms with E-state index in [1.165, 1.54) is 7.05 Å². The van der Waals surface area contributed by atoms with Crippen molar-refractivity contribution < 1.29 is 18.7 Å². The van der Waals surface area contributed by atoms with Crippen LogP contribution in [0.2, 0.25) is 0 Å². The van der Waals surface area contributed by atoms with Crippen LogP contribution in [0.3, 0.4) is 0 Å². The number of hydrogen-bond donors (Lipinski definition) is 3. The van der Waals surface area contributed by atoms with Crippen LogP contribution in [0.1, 0.15) is 0 Å². The molecule has 0 aliphatic carbocycles. The third kappa shape index (κ3) is 4.49. The van der Waals surface area contributed by atoms with Crippen molar-refractivity contribution in [3.05, 3.63) is 0 Å². The van der Waals surface area contributed by atoms with Crippen LogP contribution in [-0.2, 0) is 0 Å². The largest absolute Gasteiger partial charge is 0.390 e. The van der Waals surface area contributed by atoms with Gasteiger partial charge in [0.15, 0.2) is 0 Å². The number of aliphatic hydroxyl groups is 1. The van der Waals surface area contributed by atoms with Gasteiger partial charge in [-0.15, -0.1) is 0 Å². The number of urea groups is 1. The van der Waals surface area contributed by atoms with Crippen molar-refractivity contribution in [1.82, 2.24) is 10.6 Å². The molecule has 3 N–H and O–H groups in total. The van der Waals surface area contributed by atoms with Gasteiger partial charge in [0.25, 0.3) is 5.92 Å². The quantitative estimate of drug-likeness (QED) is 0.534. The lowest BCUT2D eigenvalue weighted by molar-refractivity contribution is -0.0453. The van der Waals surface area contributed by atoms with Crippen LogP contribution in [0, 0.1) is 0 Å². The highest BCUT2D eigenvalue weighted by atomic mass is 19.3. The lowest BCUT2D eigenvalue weighted by Crippen LogP contribution is -2.42. The van der Waals surface area contributed by atoms with E-state index < -0.39 is 25.1 Å². The number of rotatable bonds is 3. The zero-order chi connectivity index (χ0) is 8.91. The standard InChI is InChI=1S/C5H10F2N2O2/c1-8-4(11)9-2-5(6,7)3-10/h10H,2-3H2,1H3,(H2,8,9,11). The second-order valence-electron chi connectivity index (χ2n) is 1.95. The average Bonchev–Trinajstić information content (AvgIpc) is 2.00. The molecule has 0 spiro atoms. The van der Waals surface area contributed by atoms with Crippen LogP contribution in [0.25, 0.3) is 0 Å². The molecule has 0 saturated heterocycles. The summed E-state index contributed by atoms with van der Waals surface area (Å²) >= 11 is 0. The molecular formula is C5H10F2N2O2. The van der Waals surface area contributed by atoms with E-state index in [4.69, 9.17) is 5.11 Å². The van der Waals surface area contributed by atoms with Gasteiger partial charge in [0, 0.05) is 7.05 Å². The number of aliphatic hydroxyl groups excluding tert-OH is 1. The zero-order valence-electron chi connectivity index (χ0n) is 6.03. The molecule has 0 atom stereocenters. The first-order valence-electron chi connectivity index (χ1n) is 2.96. The third-order valence-electron chi connectivity index (χ3n) is 0.966. The van der Waals surface area contributed by atoms with Gasteiger partial charge in [-0.2, -0.15) is 0 Å². The monoisotopic (exact) mass is 168 g/mol. The predicted octanol–water partition coefficient (Wildman–Crippen LogP) is -0.457. The number of carbonyl (C=O) groups excluding carboxylic acids is 1. The Hall–Kier alpha value is -0.910. The van der Waals surface area contributed by atoms with Gasteiger partial charge in [-0.25, -0.2) is 13.6 Å². The van der Waals surface area contributed by atoms with Crippen LogP contribution in [-0.4, -0.2) is 37.3 Å². The van der Waals surface area contributed by atoms with Crippen molar-refractivity contribution in [3.8, 4) is 0 Å². The Bertz CT molecular complexity index is 140. The summed E-state index contributed by atoms with van der Waals surface area (Å²) in [6.07, 6.45) is 0. The van der Waals surface area contributed by atoms with Crippen molar-refractivity contribution >= 4 is 6.03 Å². The summed E-state index contributed by atoms with van der Waals surface area (Å²) in [5, 5.41) is 12.0. The van der Waals surface area contributed by atoms with Crippen molar-refractivity contribution in [2.75, 3.05) is 20.2 Å². The molecule has 0 aliphatic rings. The van der Waals surface area contributed by atoms with Crippen molar-refractivity contribution in [3.63, 3.8) is 0 Å². The molecule has 0 heterocycles. The van der Waals surface area contributed by atoms with E-state index in [0.717, 1.165) is 0 Å². The Labute approximate surface area is 62.6 Å². The normalized spacial score (nSPS) is 10.9. The molecule has 0 bridgehead atoms. The fraction of sp³-hybridized carbons (Fsp3) is 0.800. The van der Waals surface area contributed by atoms with E-state index in [-0.39, 0.29) is 0 Å². The first-order chi connectivity index (χ1) is 5.02. The SMILES string of the molecule is CNC(=O)NCC(F)(F)CO.